The maximum Gasteiger partial charge on any atom is 0.0571 e. The van der Waals surface area contributed by atoms with Gasteiger partial charge < -0.3 is 0 Å². The van der Waals surface area contributed by atoms with Crippen molar-refractivity contribution in [2.75, 3.05) is 0 Å². The SMILES string of the molecule is CC[Si](CC)(CC)Cc1ccc(-c2ccc(C)cc2)cc1.CC[Si](CC)(CC)Cc1ccc(-c2ccc(C[Si](CC)(CC)CC)cc2)cc1.Cc1ccc(-c2ccc(C)cc2)cc1. The van der Waals surface area contributed by atoms with E-state index in [9.17, 15) is 0 Å². The van der Waals surface area contributed by atoms with Crippen LogP contribution in [0.4, 0.5) is 0 Å². The fraction of sp³-hybridized carbons (Fsp3) is 0.400. The molecule has 3 heteroatoms. The molecule has 336 valence electrons. The van der Waals surface area contributed by atoms with Gasteiger partial charge in [-0.25, -0.2) is 0 Å². The molecule has 0 saturated heterocycles. The molecule has 0 bridgehead atoms. The average molecular weight is 890 g/mol. The fourth-order valence-corrected chi connectivity index (χ4v) is 19.4. The molecule has 0 spiro atoms. The van der Waals surface area contributed by atoms with Gasteiger partial charge >= 0.3 is 0 Å². The van der Waals surface area contributed by atoms with Gasteiger partial charge in [0.25, 0.3) is 0 Å². The van der Waals surface area contributed by atoms with Gasteiger partial charge in [0.2, 0.25) is 0 Å². The number of rotatable bonds is 18. The number of hydrogen-bond donors (Lipinski definition) is 0. The third-order valence-corrected chi connectivity index (χ3v) is 32.5. The highest BCUT2D eigenvalue weighted by Crippen LogP contribution is 2.30. The van der Waals surface area contributed by atoms with Gasteiger partial charge in [-0.15, -0.1) is 0 Å². The average Bonchev–Trinajstić information content (AvgIpc) is 3.34. The molecular weight excluding hydrogens is 805 g/mol. The zero-order valence-corrected chi connectivity index (χ0v) is 44.8. The van der Waals surface area contributed by atoms with E-state index in [-0.39, 0.29) is 0 Å². The van der Waals surface area contributed by atoms with E-state index in [1.54, 1.807) is 11.1 Å². The van der Waals surface area contributed by atoms with Gasteiger partial charge in [0.05, 0.1) is 24.2 Å². The Bertz CT molecular complexity index is 2020. The summed E-state index contributed by atoms with van der Waals surface area (Å²) in [6, 6.07) is 70.9. The van der Waals surface area contributed by atoms with Crippen molar-refractivity contribution in [1.82, 2.24) is 0 Å². The maximum atomic E-state index is 2.41. The molecule has 0 saturated carbocycles. The molecule has 0 radical (unpaired) electrons. The molecular formula is C60H84Si3. The Hall–Kier alpha value is -4.03. The van der Waals surface area contributed by atoms with Crippen LogP contribution in [0, 0.1) is 20.8 Å². The van der Waals surface area contributed by atoms with Crippen LogP contribution < -0.4 is 0 Å². The second-order valence-corrected chi connectivity index (χ2v) is 35.3. The molecule has 6 aromatic rings. The largest absolute Gasteiger partial charge is 0.0678 e. The summed E-state index contributed by atoms with van der Waals surface area (Å²) in [5, 5.41) is 0. The van der Waals surface area contributed by atoms with Gasteiger partial charge in [-0.05, 0) is 72.3 Å². The molecule has 0 unspecified atom stereocenters. The second-order valence-electron chi connectivity index (χ2n) is 18.9. The summed E-state index contributed by atoms with van der Waals surface area (Å²) in [4.78, 5) is 0. The Morgan fingerprint density at radius 1 is 0.222 bits per heavy atom. The van der Waals surface area contributed by atoms with E-state index in [2.05, 4.69) is 229 Å². The molecule has 6 aromatic carbocycles. The second kappa shape index (κ2) is 25.5. The molecule has 0 amide bonds. The number of hydrogen-bond acceptors (Lipinski definition) is 0. The van der Waals surface area contributed by atoms with Crippen LogP contribution in [0.25, 0.3) is 33.4 Å². The van der Waals surface area contributed by atoms with Crippen molar-refractivity contribution in [3.63, 3.8) is 0 Å². The Labute approximate surface area is 390 Å². The molecule has 0 aliphatic rings. The number of aryl methyl sites for hydroxylation is 3. The minimum Gasteiger partial charge on any atom is -0.0678 e. The highest BCUT2D eigenvalue weighted by molar-refractivity contribution is 6.80. The Balaban J connectivity index is 0.000000219. The molecule has 0 aromatic heterocycles. The van der Waals surface area contributed by atoms with E-state index in [1.807, 2.05) is 0 Å². The van der Waals surface area contributed by atoms with Crippen molar-refractivity contribution in [1.29, 1.82) is 0 Å². The monoisotopic (exact) mass is 889 g/mol. The minimum atomic E-state index is -1.09. The lowest BCUT2D eigenvalue weighted by Crippen LogP contribution is -2.34. The van der Waals surface area contributed by atoms with E-state index in [0.717, 1.165) is 0 Å². The van der Waals surface area contributed by atoms with Crippen LogP contribution in [-0.2, 0) is 18.1 Å². The quantitative estimate of drug-likeness (QED) is 0.0755. The van der Waals surface area contributed by atoms with E-state index in [4.69, 9.17) is 0 Å². The maximum absolute atomic E-state index is 2.41. The lowest BCUT2D eigenvalue weighted by molar-refractivity contribution is 1.10. The normalized spacial score (nSPS) is 11.6. The van der Waals surface area contributed by atoms with Gasteiger partial charge in [-0.1, -0.05) is 296 Å². The van der Waals surface area contributed by atoms with Crippen LogP contribution in [0.5, 0.6) is 0 Å². The molecule has 0 aliphatic carbocycles. The Morgan fingerprint density at radius 2 is 0.365 bits per heavy atom. The van der Waals surface area contributed by atoms with E-state index < -0.39 is 24.2 Å². The standard InChI is InChI=1S/C26H42Si2.C20H28Si.C14H14/c1-7-27(8-2,9-3)21-23-13-17-25(18-14-23)26-19-15-24(16-20-26)22-28(10-4,11-5)12-6;1-5-21(6-2,7-3)16-18-10-14-20(15-11-18)19-12-8-17(4)9-13-19;1-11-3-7-13(8-4-11)14-9-5-12(2)6-10-14/h13-20H,7-12,21-22H2,1-6H3;8-15H,5-7,16H2,1-4H3;3-10H,1-2H3. The highest BCUT2D eigenvalue weighted by atomic mass is 28.3. The zero-order valence-electron chi connectivity index (χ0n) is 41.8. The summed E-state index contributed by atoms with van der Waals surface area (Å²) >= 11 is 0. The molecule has 0 nitrogen and oxygen atoms in total. The van der Waals surface area contributed by atoms with Crippen molar-refractivity contribution in [3.8, 4) is 33.4 Å². The van der Waals surface area contributed by atoms with E-state index in [0.29, 0.717) is 0 Å². The van der Waals surface area contributed by atoms with Crippen LogP contribution in [0.3, 0.4) is 0 Å². The van der Waals surface area contributed by atoms with Crippen molar-refractivity contribution in [2.45, 2.75) is 156 Å². The first-order chi connectivity index (χ1) is 30.4. The van der Waals surface area contributed by atoms with Crippen LogP contribution >= 0.6 is 0 Å². The third-order valence-electron chi connectivity index (χ3n) is 15.5. The zero-order chi connectivity index (χ0) is 45.9. The molecule has 0 atom stereocenters. The summed E-state index contributed by atoms with van der Waals surface area (Å²) < 4.78 is 0. The minimum absolute atomic E-state index is 1.06. The first-order valence-corrected chi connectivity index (χ1v) is 33.3. The Morgan fingerprint density at radius 3 is 0.508 bits per heavy atom. The summed E-state index contributed by atoms with van der Waals surface area (Å²) in [7, 11) is -3.25. The lowest BCUT2D eigenvalue weighted by atomic mass is 10.0. The van der Waals surface area contributed by atoms with Crippen LogP contribution in [-0.4, -0.2) is 24.2 Å². The highest BCUT2D eigenvalue weighted by Gasteiger charge is 2.28. The summed E-state index contributed by atoms with van der Waals surface area (Å²) in [6.07, 6.45) is 0. The Kier molecular flexibility index (Phi) is 20.9. The van der Waals surface area contributed by atoms with E-state index in [1.165, 1.54) is 128 Å². The van der Waals surface area contributed by atoms with Gasteiger partial charge in [-0.2, -0.15) is 0 Å². The van der Waals surface area contributed by atoms with Crippen LogP contribution in [0.2, 0.25) is 54.4 Å². The third kappa shape index (κ3) is 15.0. The van der Waals surface area contributed by atoms with Gasteiger partial charge in [0.15, 0.2) is 0 Å². The predicted molar refractivity (Wildman–Crippen MR) is 293 cm³/mol. The smallest absolute Gasteiger partial charge is 0.0571 e. The lowest BCUT2D eigenvalue weighted by Gasteiger charge is -2.28. The van der Waals surface area contributed by atoms with Crippen molar-refractivity contribution >= 4 is 24.2 Å². The van der Waals surface area contributed by atoms with Gasteiger partial charge in [0, 0.05) is 0 Å². The molecule has 0 N–H and O–H groups in total. The fourth-order valence-electron chi connectivity index (χ4n) is 9.36. The first-order valence-electron chi connectivity index (χ1n) is 24.8. The summed E-state index contributed by atoms with van der Waals surface area (Å²) in [5.41, 5.74) is 16.5. The van der Waals surface area contributed by atoms with Crippen LogP contribution in [0.15, 0.2) is 146 Å². The van der Waals surface area contributed by atoms with Crippen LogP contribution in [0.1, 0.15) is 95.7 Å². The first kappa shape index (κ1) is 51.6. The topological polar surface area (TPSA) is 0 Å². The molecule has 0 heterocycles. The van der Waals surface area contributed by atoms with Crippen molar-refractivity contribution in [2.24, 2.45) is 0 Å². The van der Waals surface area contributed by atoms with Crippen molar-refractivity contribution in [3.05, 3.63) is 179 Å². The molecule has 0 aliphatic heterocycles. The van der Waals surface area contributed by atoms with Gasteiger partial charge in [0.1, 0.15) is 0 Å². The summed E-state index contributed by atoms with van der Waals surface area (Å²) in [6.45, 7) is 28.0. The number of benzene rings is 6. The predicted octanol–water partition coefficient (Wildman–Crippen LogP) is 18.8. The van der Waals surface area contributed by atoms with Gasteiger partial charge in [-0.3, -0.25) is 0 Å². The molecule has 0 fully saturated rings. The summed E-state index contributed by atoms with van der Waals surface area (Å²) in [5.74, 6) is 0. The van der Waals surface area contributed by atoms with E-state index >= 15 is 0 Å². The molecule has 63 heavy (non-hydrogen) atoms. The van der Waals surface area contributed by atoms with Crippen molar-refractivity contribution < 1.29 is 0 Å². The molecule has 6 rings (SSSR count).